The number of thiophene rings is 1. The summed E-state index contributed by atoms with van der Waals surface area (Å²) >= 11 is 10.9. The lowest BCUT2D eigenvalue weighted by atomic mass is 10.2. The van der Waals surface area contributed by atoms with Gasteiger partial charge in [0.05, 0.1) is 21.0 Å². The molecule has 0 bridgehead atoms. The smallest absolute Gasteiger partial charge is 0.256 e. The third kappa shape index (κ3) is 3.72. The molecule has 0 aliphatic rings. The van der Waals surface area contributed by atoms with E-state index in [4.69, 9.17) is 16.3 Å². The quantitative estimate of drug-likeness (QED) is 0.849. The number of halogens is 2. The predicted octanol–water partition coefficient (Wildman–Crippen LogP) is 4.82. The summed E-state index contributed by atoms with van der Waals surface area (Å²) in [6.07, 6.45) is 0. The van der Waals surface area contributed by atoms with Crippen LogP contribution in [0.2, 0.25) is 5.02 Å². The highest BCUT2D eigenvalue weighted by molar-refractivity contribution is 9.11. The molecule has 3 nitrogen and oxygen atoms in total. The molecule has 0 radical (unpaired) electrons. The number of benzene rings is 1. The standard InChI is InChI=1S/C13H11BrClNO2S/c1-2-18-11-4-3-9(6-10(11)15)16-13(17)8-5-12(14)19-7-8/h3-7H,2H2,1H3,(H,16,17). The van der Waals surface area contributed by atoms with Gasteiger partial charge in [-0.25, -0.2) is 0 Å². The van der Waals surface area contributed by atoms with Crippen LogP contribution in [0.25, 0.3) is 0 Å². The Kier molecular flexibility index (Phi) is 4.85. The lowest BCUT2D eigenvalue weighted by Gasteiger charge is -2.08. The molecule has 1 aromatic carbocycles. The van der Waals surface area contributed by atoms with Crippen LogP contribution in [0.4, 0.5) is 5.69 Å². The van der Waals surface area contributed by atoms with E-state index >= 15 is 0 Å². The van der Waals surface area contributed by atoms with Gasteiger partial charge in [-0.15, -0.1) is 11.3 Å². The molecule has 0 spiro atoms. The van der Waals surface area contributed by atoms with Crippen molar-refractivity contribution in [1.82, 2.24) is 0 Å². The third-order valence-corrected chi connectivity index (χ3v) is 4.12. The number of rotatable bonds is 4. The number of nitrogens with one attached hydrogen (secondary N) is 1. The van der Waals surface area contributed by atoms with Crippen LogP contribution < -0.4 is 10.1 Å². The van der Waals surface area contributed by atoms with E-state index in [2.05, 4.69) is 21.2 Å². The van der Waals surface area contributed by atoms with Crippen molar-refractivity contribution >= 4 is 50.5 Å². The molecule has 0 atom stereocenters. The van der Waals surface area contributed by atoms with Crippen molar-refractivity contribution in [3.05, 3.63) is 44.0 Å². The molecular weight excluding hydrogens is 350 g/mol. The van der Waals surface area contributed by atoms with Gasteiger partial charge in [0.1, 0.15) is 5.75 Å². The highest BCUT2D eigenvalue weighted by Gasteiger charge is 2.09. The van der Waals surface area contributed by atoms with Gasteiger partial charge in [-0.2, -0.15) is 0 Å². The van der Waals surface area contributed by atoms with Gasteiger partial charge in [0.2, 0.25) is 0 Å². The Balaban J connectivity index is 2.11. The van der Waals surface area contributed by atoms with Gasteiger partial charge in [-0.1, -0.05) is 11.6 Å². The van der Waals surface area contributed by atoms with Crippen LogP contribution in [-0.4, -0.2) is 12.5 Å². The molecule has 1 heterocycles. The van der Waals surface area contributed by atoms with E-state index in [9.17, 15) is 4.79 Å². The average molecular weight is 361 g/mol. The first kappa shape index (κ1) is 14.4. The van der Waals surface area contributed by atoms with Crippen LogP contribution in [0.15, 0.2) is 33.4 Å². The zero-order valence-electron chi connectivity index (χ0n) is 10.1. The Morgan fingerprint density at radius 2 is 2.26 bits per heavy atom. The number of carbonyl (C=O) groups excluding carboxylic acids is 1. The Hall–Kier alpha value is -1.04. The SMILES string of the molecule is CCOc1ccc(NC(=O)c2csc(Br)c2)cc1Cl. The minimum Gasteiger partial charge on any atom is -0.492 e. The van der Waals surface area contributed by atoms with Crippen molar-refractivity contribution < 1.29 is 9.53 Å². The van der Waals surface area contributed by atoms with E-state index < -0.39 is 0 Å². The van der Waals surface area contributed by atoms with Gasteiger partial charge >= 0.3 is 0 Å². The summed E-state index contributed by atoms with van der Waals surface area (Å²) in [5.74, 6) is 0.447. The number of anilines is 1. The molecule has 0 saturated heterocycles. The van der Waals surface area contributed by atoms with E-state index in [1.54, 1.807) is 29.6 Å². The summed E-state index contributed by atoms with van der Waals surface area (Å²) < 4.78 is 6.25. The van der Waals surface area contributed by atoms with E-state index in [0.29, 0.717) is 28.6 Å². The highest BCUT2D eigenvalue weighted by Crippen LogP contribution is 2.28. The number of carbonyl (C=O) groups is 1. The van der Waals surface area contributed by atoms with Gasteiger partial charge in [0.15, 0.2) is 0 Å². The molecule has 2 aromatic rings. The van der Waals surface area contributed by atoms with Crippen molar-refractivity contribution in [3.63, 3.8) is 0 Å². The van der Waals surface area contributed by atoms with Gasteiger partial charge in [-0.05, 0) is 47.1 Å². The summed E-state index contributed by atoms with van der Waals surface area (Å²) in [6.45, 7) is 2.44. The summed E-state index contributed by atoms with van der Waals surface area (Å²) in [5.41, 5.74) is 1.25. The molecule has 1 N–H and O–H groups in total. The molecule has 0 fully saturated rings. The largest absolute Gasteiger partial charge is 0.492 e. The van der Waals surface area contributed by atoms with E-state index in [-0.39, 0.29) is 5.91 Å². The van der Waals surface area contributed by atoms with E-state index in [1.165, 1.54) is 11.3 Å². The first-order valence-electron chi connectivity index (χ1n) is 5.58. The van der Waals surface area contributed by atoms with Crippen LogP contribution in [0.1, 0.15) is 17.3 Å². The Morgan fingerprint density at radius 3 is 2.84 bits per heavy atom. The maximum Gasteiger partial charge on any atom is 0.256 e. The predicted molar refractivity (Wildman–Crippen MR) is 82.6 cm³/mol. The van der Waals surface area contributed by atoms with Crippen molar-refractivity contribution in [3.8, 4) is 5.75 Å². The molecule has 0 saturated carbocycles. The van der Waals surface area contributed by atoms with Gasteiger partial charge in [0.25, 0.3) is 5.91 Å². The lowest BCUT2D eigenvalue weighted by Crippen LogP contribution is -2.10. The van der Waals surface area contributed by atoms with Crippen LogP contribution in [0, 0.1) is 0 Å². The molecule has 100 valence electrons. The number of hydrogen-bond acceptors (Lipinski definition) is 3. The third-order valence-electron chi connectivity index (χ3n) is 2.32. The second-order valence-corrected chi connectivity index (χ2v) is 6.37. The monoisotopic (exact) mass is 359 g/mol. The van der Waals surface area contributed by atoms with Gasteiger partial charge < -0.3 is 10.1 Å². The highest BCUT2D eigenvalue weighted by atomic mass is 79.9. The molecule has 19 heavy (non-hydrogen) atoms. The number of ether oxygens (including phenoxy) is 1. The molecule has 1 aromatic heterocycles. The zero-order chi connectivity index (χ0) is 13.8. The first-order valence-corrected chi connectivity index (χ1v) is 7.63. The second-order valence-electron chi connectivity index (χ2n) is 3.67. The fraction of sp³-hybridized carbons (Fsp3) is 0.154. The van der Waals surface area contributed by atoms with E-state index in [0.717, 1.165) is 3.79 Å². The number of amides is 1. The Bertz CT molecular complexity index is 600. The van der Waals surface area contributed by atoms with Crippen molar-refractivity contribution in [2.75, 3.05) is 11.9 Å². The second kappa shape index (κ2) is 6.41. The van der Waals surface area contributed by atoms with Crippen molar-refractivity contribution in [2.45, 2.75) is 6.92 Å². The topological polar surface area (TPSA) is 38.3 Å². The molecule has 2 rings (SSSR count). The first-order chi connectivity index (χ1) is 9.10. The summed E-state index contributed by atoms with van der Waals surface area (Å²) in [4.78, 5) is 11.9. The van der Waals surface area contributed by atoms with Gasteiger partial charge in [-0.3, -0.25) is 4.79 Å². The zero-order valence-corrected chi connectivity index (χ0v) is 13.2. The summed E-state index contributed by atoms with van der Waals surface area (Å²) in [6, 6.07) is 6.95. The minimum atomic E-state index is -0.165. The molecule has 6 heteroatoms. The minimum absolute atomic E-state index is 0.165. The fourth-order valence-corrected chi connectivity index (χ4v) is 2.86. The molecule has 0 unspecified atom stereocenters. The average Bonchev–Trinajstić information content (AvgIpc) is 2.80. The van der Waals surface area contributed by atoms with E-state index in [1.807, 2.05) is 6.92 Å². The van der Waals surface area contributed by atoms with Crippen LogP contribution in [0.3, 0.4) is 0 Å². The van der Waals surface area contributed by atoms with Crippen molar-refractivity contribution in [2.24, 2.45) is 0 Å². The summed E-state index contributed by atoms with van der Waals surface area (Å²) in [7, 11) is 0. The Labute approximate surface area is 128 Å². The van der Waals surface area contributed by atoms with Gasteiger partial charge in [0, 0.05) is 11.1 Å². The Morgan fingerprint density at radius 1 is 1.47 bits per heavy atom. The normalized spacial score (nSPS) is 10.3. The molecule has 1 amide bonds. The molecule has 0 aliphatic carbocycles. The summed E-state index contributed by atoms with van der Waals surface area (Å²) in [5, 5.41) is 5.05. The fourth-order valence-electron chi connectivity index (χ4n) is 1.48. The van der Waals surface area contributed by atoms with Crippen molar-refractivity contribution in [1.29, 1.82) is 0 Å². The van der Waals surface area contributed by atoms with Crippen LogP contribution in [-0.2, 0) is 0 Å². The number of hydrogen-bond donors (Lipinski definition) is 1. The lowest BCUT2D eigenvalue weighted by molar-refractivity contribution is 0.102. The maximum atomic E-state index is 11.9. The molecular formula is C13H11BrClNO2S. The maximum absolute atomic E-state index is 11.9. The van der Waals surface area contributed by atoms with Crippen LogP contribution >= 0.6 is 38.9 Å². The molecule has 0 aliphatic heterocycles. The van der Waals surface area contributed by atoms with Crippen LogP contribution in [0.5, 0.6) is 5.75 Å².